The summed E-state index contributed by atoms with van der Waals surface area (Å²) in [4.78, 5) is 23.4. The van der Waals surface area contributed by atoms with Gasteiger partial charge in [0.15, 0.2) is 18.1 Å². The number of nitrogens with one attached hydrogen (secondary N) is 1. The van der Waals surface area contributed by atoms with E-state index < -0.39 is 0 Å². The summed E-state index contributed by atoms with van der Waals surface area (Å²) in [7, 11) is 0. The zero-order valence-electron chi connectivity index (χ0n) is 12.4. The first-order valence-corrected chi connectivity index (χ1v) is 6.91. The standard InChI is InChI=1S/C15H14N4O4/c1-10-6-11(20)12(8-22-10)23-9-15(21)16-7-14-18-17-13-4-2-3-5-19(13)14/h2-6,8H,7,9H2,1H3,(H,16,21). The van der Waals surface area contributed by atoms with Crippen LogP contribution in [0.2, 0.25) is 0 Å². The zero-order chi connectivity index (χ0) is 16.2. The Kier molecular flexibility index (Phi) is 4.05. The van der Waals surface area contributed by atoms with Crippen LogP contribution in [-0.4, -0.2) is 27.1 Å². The molecule has 0 atom stereocenters. The first-order chi connectivity index (χ1) is 11.1. The molecule has 8 heteroatoms. The number of ether oxygens (including phenoxy) is 1. The van der Waals surface area contributed by atoms with Crippen molar-refractivity contribution in [3.8, 4) is 5.75 Å². The molecule has 0 spiro atoms. The van der Waals surface area contributed by atoms with Gasteiger partial charge >= 0.3 is 0 Å². The van der Waals surface area contributed by atoms with Gasteiger partial charge in [-0.1, -0.05) is 6.07 Å². The molecule has 23 heavy (non-hydrogen) atoms. The average molecular weight is 314 g/mol. The highest BCUT2D eigenvalue weighted by molar-refractivity contribution is 5.77. The molecule has 0 fully saturated rings. The van der Waals surface area contributed by atoms with Crippen molar-refractivity contribution in [2.24, 2.45) is 0 Å². The number of hydrogen-bond acceptors (Lipinski definition) is 6. The van der Waals surface area contributed by atoms with Crippen molar-refractivity contribution in [2.45, 2.75) is 13.5 Å². The normalized spacial score (nSPS) is 10.7. The molecule has 1 N–H and O–H groups in total. The summed E-state index contributed by atoms with van der Waals surface area (Å²) in [6, 6.07) is 6.82. The van der Waals surface area contributed by atoms with E-state index in [-0.39, 0.29) is 30.2 Å². The van der Waals surface area contributed by atoms with E-state index in [2.05, 4.69) is 15.5 Å². The Balaban J connectivity index is 1.56. The van der Waals surface area contributed by atoms with E-state index in [0.29, 0.717) is 17.2 Å². The van der Waals surface area contributed by atoms with Gasteiger partial charge in [-0.3, -0.25) is 14.0 Å². The number of pyridine rings is 1. The van der Waals surface area contributed by atoms with Crippen molar-refractivity contribution in [3.63, 3.8) is 0 Å². The number of carbonyl (C=O) groups excluding carboxylic acids is 1. The van der Waals surface area contributed by atoms with Gasteiger partial charge in [0.2, 0.25) is 11.2 Å². The predicted molar refractivity (Wildman–Crippen MR) is 80.0 cm³/mol. The summed E-state index contributed by atoms with van der Waals surface area (Å²) in [6.07, 6.45) is 3.00. The lowest BCUT2D eigenvalue weighted by Crippen LogP contribution is -2.29. The minimum absolute atomic E-state index is 0.00122. The molecule has 3 aromatic rings. The summed E-state index contributed by atoms with van der Waals surface area (Å²) in [5.74, 6) is 0.700. The van der Waals surface area contributed by atoms with Crippen LogP contribution in [0.3, 0.4) is 0 Å². The molecule has 118 valence electrons. The van der Waals surface area contributed by atoms with Gasteiger partial charge in [-0.05, 0) is 19.1 Å². The van der Waals surface area contributed by atoms with Gasteiger partial charge in [0.05, 0.1) is 6.54 Å². The quantitative estimate of drug-likeness (QED) is 0.744. The van der Waals surface area contributed by atoms with E-state index in [1.807, 2.05) is 24.4 Å². The molecule has 0 saturated heterocycles. The first-order valence-electron chi connectivity index (χ1n) is 6.91. The number of aryl methyl sites for hydroxylation is 1. The molecule has 0 unspecified atom stereocenters. The van der Waals surface area contributed by atoms with E-state index in [1.54, 1.807) is 11.3 Å². The monoisotopic (exact) mass is 314 g/mol. The Morgan fingerprint density at radius 2 is 2.26 bits per heavy atom. The van der Waals surface area contributed by atoms with Crippen molar-refractivity contribution in [3.05, 3.63) is 58.5 Å². The zero-order valence-corrected chi connectivity index (χ0v) is 12.4. The molecule has 0 aliphatic rings. The highest BCUT2D eigenvalue weighted by Crippen LogP contribution is 2.05. The predicted octanol–water partition coefficient (Wildman–Crippen LogP) is 0.686. The van der Waals surface area contributed by atoms with Crippen LogP contribution in [0.5, 0.6) is 5.75 Å². The van der Waals surface area contributed by atoms with Crippen LogP contribution in [0, 0.1) is 6.92 Å². The van der Waals surface area contributed by atoms with E-state index >= 15 is 0 Å². The highest BCUT2D eigenvalue weighted by atomic mass is 16.5. The van der Waals surface area contributed by atoms with Crippen LogP contribution in [0.15, 0.2) is 45.9 Å². The van der Waals surface area contributed by atoms with Crippen LogP contribution < -0.4 is 15.5 Å². The van der Waals surface area contributed by atoms with Gasteiger partial charge in [-0.15, -0.1) is 10.2 Å². The third-order valence-corrected chi connectivity index (χ3v) is 3.12. The fourth-order valence-corrected chi connectivity index (χ4v) is 1.98. The topological polar surface area (TPSA) is 98.7 Å². The number of rotatable bonds is 5. The van der Waals surface area contributed by atoms with Crippen LogP contribution >= 0.6 is 0 Å². The largest absolute Gasteiger partial charge is 0.477 e. The number of hydrogen-bond donors (Lipinski definition) is 1. The van der Waals surface area contributed by atoms with Crippen molar-refractivity contribution in [2.75, 3.05) is 6.61 Å². The molecule has 0 aromatic carbocycles. The summed E-state index contributed by atoms with van der Waals surface area (Å²) in [5, 5.41) is 10.6. The third kappa shape index (κ3) is 3.37. The maximum atomic E-state index is 11.8. The molecular formula is C15H14N4O4. The maximum absolute atomic E-state index is 11.8. The van der Waals surface area contributed by atoms with Gasteiger partial charge in [0.25, 0.3) is 5.91 Å². The second kappa shape index (κ2) is 6.30. The Bertz CT molecular complexity index is 900. The summed E-state index contributed by atoms with van der Waals surface area (Å²) < 4.78 is 12.0. The maximum Gasteiger partial charge on any atom is 0.258 e. The Labute approximate surface area is 130 Å². The molecule has 1 amide bonds. The first kappa shape index (κ1) is 14.8. The van der Waals surface area contributed by atoms with Gasteiger partial charge in [-0.2, -0.15) is 0 Å². The highest BCUT2D eigenvalue weighted by Gasteiger charge is 2.09. The second-order valence-electron chi connectivity index (χ2n) is 4.83. The number of aromatic nitrogens is 3. The third-order valence-electron chi connectivity index (χ3n) is 3.12. The van der Waals surface area contributed by atoms with E-state index in [0.717, 1.165) is 0 Å². The van der Waals surface area contributed by atoms with Gasteiger partial charge in [0, 0.05) is 12.3 Å². The Hall–Kier alpha value is -3.16. The van der Waals surface area contributed by atoms with Gasteiger partial charge < -0.3 is 14.5 Å². The summed E-state index contributed by atoms with van der Waals surface area (Å²) >= 11 is 0. The molecule has 0 bridgehead atoms. The lowest BCUT2D eigenvalue weighted by molar-refractivity contribution is -0.123. The second-order valence-corrected chi connectivity index (χ2v) is 4.83. The molecule has 0 saturated carbocycles. The molecule has 0 radical (unpaired) electrons. The Morgan fingerprint density at radius 3 is 3.09 bits per heavy atom. The molecule has 0 aliphatic heterocycles. The van der Waals surface area contributed by atoms with Gasteiger partial charge in [-0.25, -0.2) is 0 Å². The van der Waals surface area contributed by atoms with Crippen molar-refractivity contribution >= 4 is 11.6 Å². The van der Waals surface area contributed by atoms with E-state index in [9.17, 15) is 9.59 Å². The number of carbonyl (C=O) groups is 1. The summed E-state index contributed by atoms with van der Waals surface area (Å²) in [5.41, 5.74) is 0.371. The molecule has 3 aromatic heterocycles. The lowest BCUT2D eigenvalue weighted by atomic mass is 10.4. The number of nitrogens with zero attached hydrogens (tertiary/aromatic N) is 3. The van der Waals surface area contributed by atoms with E-state index in [1.165, 1.54) is 12.3 Å². The smallest absolute Gasteiger partial charge is 0.258 e. The minimum Gasteiger partial charge on any atom is -0.477 e. The van der Waals surface area contributed by atoms with Gasteiger partial charge in [0.1, 0.15) is 12.0 Å². The molecule has 3 rings (SSSR count). The van der Waals surface area contributed by atoms with Crippen LogP contribution in [0.4, 0.5) is 0 Å². The van der Waals surface area contributed by atoms with Crippen molar-refractivity contribution < 1.29 is 13.9 Å². The lowest BCUT2D eigenvalue weighted by Gasteiger charge is -2.06. The fraction of sp³-hybridized carbons (Fsp3) is 0.200. The van der Waals surface area contributed by atoms with Crippen molar-refractivity contribution in [1.82, 2.24) is 19.9 Å². The van der Waals surface area contributed by atoms with Crippen LogP contribution in [-0.2, 0) is 11.3 Å². The molecule has 0 aliphatic carbocycles. The SMILES string of the molecule is Cc1cc(=O)c(OCC(=O)NCc2nnc3ccccn23)co1. The number of fused-ring (bicyclic) bond motifs is 1. The van der Waals surface area contributed by atoms with Crippen LogP contribution in [0.25, 0.3) is 5.65 Å². The minimum atomic E-state index is -0.377. The fourth-order valence-electron chi connectivity index (χ4n) is 1.98. The van der Waals surface area contributed by atoms with Crippen LogP contribution in [0.1, 0.15) is 11.6 Å². The Morgan fingerprint density at radius 1 is 1.39 bits per heavy atom. The number of amides is 1. The average Bonchev–Trinajstić information content (AvgIpc) is 2.95. The molecule has 3 heterocycles. The molecular weight excluding hydrogens is 300 g/mol. The molecule has 8 nitrogen and oxygen atoms in total. The van der Waals surface area contributed by atoms with Crippen molar-refractivity contribution in [1.29, 1.82) is 0 Å². The van der Waals surface area contributed by atoms with E-state index in [4.69, 9.17) is 9.15 Å². The summed E-state index contributed by atoms with van der Waals surface area (Å²) in [6.45, 7) is 1.57.